The first-order valence-electron chi connectivity index (χ1n) is 16.6. The molecule has 0 radical (unpaired) electrons. The summed E-state index contributed by atoms with van der Waals surface area (Å²) in [5, 5.41) is 42.0. The monoisotopic (exact) mass is 674 g/mol. The lowest BCUT2D eigenvalue weighted by Gasteiger charge is -2.32. The molecule has 0 spiro atoms. The number of aromatic hydroxyl groups is 1. The zero-order valence-corrected chi connectivity index (χ0v) is 28.5. The Kier molecular flexibility index (Phi) is 12.5. The molecule has 256 valence electrons. The van der Waals surface area contributed by atoms with Crippen molar-refractivity contribution in [3.63, 3.8) is 0 Å². The molecule has 7 nitrogen and oxygen atoms in total. The fraction of sp³-hybridized carbons (Fsp3) is 0.385. The Morgan fingerprint density at radius 3 is 2.27 bits per heavy atom. The van der Waals surface area contributed by atoms with Gasteiger partial charge in [-0.15, -0.1) is 0 Å². The summed E-state index contributed by atoms with van der Waals surface area (Å²) in [6.45, 7) is 0.576. The van der Waals surface area contributed by atoms with Crippen molar-refractivity contribution in [3.8, 4) is 16.9 Å². The second-order valence-electron chi connectivity index (χ2n) is 12.7. The van der Waals surface area contributed by atoms with E-state index in [1.54, 1.807) is 18.4 Å². The SMILES string of the molecule is CN1CN(c2ccccc2)C(c2ccc(-c3ccc(C4CC(O)CC(CO)O4)cc3)cc2O)C1CCCC(O)c1ccc(F)cc1.CS. The van der Waals surface area contributed by atoms with Crippen LogP contribution in [-0.2, 0) is 4.74 Å². The fourth-order valence-electron chi connectivity index (χ4n) is 7.05. The van der Waals surface area contributed by atoms with Crippen LogP contribution in [0.25, 0.3) is 11.1 Å². The predicted molar refractivity (Wildman–Crippen MR) is 192 cm³/mol. The van der Waals surface area contributed by atoms with Gasteiger partial charge in [-0.3, -0.25) is 4.90 Å². The molecule has 2 heterocycles. The van der Waals surface area contributed by atoms with Crippen LogP contribution in [0.4, 0.5) is 10.1 Å². The van der Waals surface area contributed by atoms with Gasteiger partial charge in [0.1, 0.15) is 11.6 Å². The predicted octanol–water partition coefficient (Wildman–Crippen LogP) is 7.04. The van der Waals surface area contributed by atoms with Gasteiger partial charge in [0.2, 0.25) is 0 Å². The summed E-state index contributed by atoms with van der Waals surface area (Å²) in [6.07, 6.45) is 2.93. The lowest BCUT2D eigenvalue weighted by molar-refractivity contribution is -0.113. The van der Waals surface area contributed by atoms with Gasteiger partial charge in [-0.25, -0.2) is 4.39 Å². The minimum atomic E-state index is -0.666. The number of rotatable bonds is 10. The van der Waals surface area contributed by atoms with E-state index in [1.165, 1.54) is 12.1 Å². The van der Waals surface area contributed by atoms with E-state index in [4.69, 9.17) is 4.74 Å². The highest BCUT2D eigenvalue weighted by Gasteiger charge is 2.40. The molecule has 4 aromatic rings. The Morgan fingerprint density at radius 2 is 1.60 bits per heavy atom. The van der Waals surface area contributed by atoms with Crippen molar-refractivity contribution in [2.45, 2.75) is 68.6 Å². The number of ether oxygens (including phenoxy) is 1. The molecule has 4 aromatic carbocycles. The Morgan fingerprint density at radius 1 is 0.917 bits per heavy atom. The summed E-state index contributed by atoms with van der Waals surface area (Å²) in [4.78, 5) is 4.63. The van der Waals surface area contributed by atoms with E-state index >= 15 is 0 Å². The van der Waals surface area contributed by atoms with Gasteiger partial charge < -0.3 is 30.1 Å². The third-order valence-corrected chi connectivity index (χ3v) is 9.51. The number of benzene rings is 4. The lowest BCUT2D eigenvalue weighted by Crippen LogP contribution is -2.33. The summed E-state index contributed by atoms with van der Waals surface area (Å²) in [5.74, 6) is -0.0920. The third-order valence-electron chi connectivity index (χ3n) is 9.51. The number of aliphatic hydroxyl groups excluding tert-OH is 3. The highest BCUT2D eigenvalue weighted by Crippen LogP contribution is 2.43. The minimum Gasteiger partial charge on any atom is -0.508 e. The topological polar surface area (TPSA) is 96.6 Å². The number of likely N-dealkylation sites (N-methyl/N-ethyl adjacent to an activating group) is 1. The molecule has 2 aliphatic rings. The van der Waals surface area contributed by atoms with Crippen molar-refractivity contribution in [1.82, 2.24) is 4.90 Å². The normalized spacial score (nSPS) is 23.4. The van der Waals surface area contributed by atoms with E-state index < -0.39 is 12.2 Å². The smallest absolute Gasteiger partial charge is 0.123 e. The number of hydrogen-bond acceptors (Lipinski definition) is 8. The fourth-order valence-corrected chi connectivity index (χ4v) is 7.05. The molecule has 6 atom stereocenters. The number of thiol groups is 1. The van der Waals surface area contributed by atoms with Crippen molar-refractivity contribution in [1.29, 1.82) is 0 Å². The number of hydrogen-bond donors (Lipinski definition) is 5. The summed E-state index contributed by atoms with van der Waals surface area (Å²) >= 11 is 3.53. The van der Waals surface area contributed by atoms with Gasteiger partial charge in [-0.05, 0) is 85.2 Å². The van der Waals surface area contributed by atoms with Gasteiger partial charge in [-0.2, -0.15) is 12.6 Å². The number of para-hydroxylation sites is 1. The van der Waals surface area contributed by atoms with Crippen molar-refractivity contribution < 1.29 is 29.6 Å². The van der Waals surface area contributed by atoms with E-state index in [0.717, 1.165) is 40.8 Å². The molecular formula is C39H47FN2O5S. The van der Waals surface area contributed by atoms with E-state index in [1.807, 2.05) is 60.7 Å². The summed E-state index contributed by atoms with van der Waals surface area (Å²) < 4.78 is 19.4. The van der Waals surface area contributed by atoms with Crippen LogP contribution in [0.2, 0.25) is 0 Å². The van der Waals surface area contributed by atoms with Gasteiger partial charge in [0, 0.05) is 30.1 Å². The van der Waals surface area contributed by atoms with Crippen molar-refractivity contribution in [2.75, 3.05) is 31.5 Å². The number of halogens is 1. The molecule has 48 heavy (non-hydrogen) atoms. The van der Waals surface area contributed by atoms with Crippen LogP contribution >= 0.6 is 12.6 Å². The molecule has 0 amide bonds. The Hall–Kier alpha value is -3.44. The van der Waals surface area contributed by atoms with Gasteiger partial charge in [0.15, 0.2) is 0 Å². The van der Waals surface area contributed by atoms with Crippen LogP contribution in [-0.4, -0.2) is 70.2 Å². The van der Waals surface area contributed by atoms with Gasteiger partial charge in [0.05, 0.1) is 43.7 Å². The van der Waals surface area contributed by atoms with E-state index in [9.17, 15) is 24.8 Å². The number of phenolic OH excluding ortho intramolecular Hbond substituents is 1. The van der Waals surface area contributed by atoms with E-state index in [0.29, 0.717) is 31.5 Å². The van der Waals surface area contributed by atoms with E-state index in [2.05, 4.69) is 41.6 Å². The first-order valence-corrected chi connectivity index (χ1v) is 17.5. The van der Waals surface area contributed by atoms with Gasteiger partial charge in [-0.1, -0.05) is 66.7 Å². The van der Waals surface area contributed by atoms with E-state index in [-0.39, 0.29) is 42.5 Å². The highest BCUT2D eigenvalue weighted by atomic mass is 32.1. The Bertz CT molecular complexity index is 1580. The quantitative estimate of drug-likeness (QED) is 0.115. The minimum absolute atomic E-state index is 0.0882. The second kappa shape index (κ2) is 16.8. The maximum atomic E-state index is 13.4. The van der Waals surface area contributed by atoms with Crippen molar-refractivity contribution in [3.05, 3.63) is 120 Å². The zero-order valence-electron chi connectivity index (χ0n) is 27.6. The van der Waals surface area contributed by atoms with Crippen molar-refractivity contribution in [2.24, 2.45) is 0 Å². The molecule has 2 saturated heterocycles. The molecular weight excluding hydrogens is 628 g/mol. The molecule has 2 aliphatic heterocycles. The van der Waals surface area contributed by atoms with Gasteiger partial charge >= 0.3 is 0 Å². The summed E-state index contributed by atoms with van der Waals surface area (Å²) in [6, 6.07) is 30.1. The molecule has 6 rings (SSSR count). The highest BCUT2D eigenvalue weighted by molar-refractivity contribution is 7.79. The van der Waals surface area contributed by atoms with Gasteiger partial charge in [0.25, 0.3) is 0 Å². The molecule has 0 aromatic heterocycles. The second-order valence-corrected chi connectivity index (χ2v) is 12.7. The average molecular weight is 675 g/mol. The van der Waals surface area contributed by atoms with Crippen LogP contribution in [0.5, 0.6) is 5.75 Å². The van der Waals surface area contributed by atoms with Crippen LogP contribution in [0, 0.1) is 5.82 Å². The first-order chi connectivity index (χ1) is 23.3. The number of phenols is 1. The molecule has 6 unspecified atom stereocenters. The number of nitrogens with zero attached hydrogens (tertiary/aromatic N) is 2. The molecule has 0 saturated carbocycles. The van der Waals surface area contributed by atoms with Crippen LogP contribution in [0.1, 0.15) is 67.0 Å². The van der Waals surface area contributed by atoms with Crippen molar-refractivity contribution >= 4 is 18.3 Å². The molecule has 0 bridgehead atoms. The third kappa shape index (κ3) is 8.40. The zero-order chi connectivity index (χ0) is 34.2. The summed E-state index contributed by atoms with van der Waals surface area (Å²) in [7, 11) is 2.10. The number of aliphatic hydroxyl groups is 3. The Labute approximate surface area is 288 Å². The molecule has 2 fully saturated rings. The lowest BCUT2D eigenvalue weighted by atomic mass is 9.91. The summed E-state index contributed by atoms with van der Waals surface area (Å²) in [5.41, 5.74) is 5.42. The molecule has 0 aliphatic carbocycles. The van der Waals surface area contributed by atoms with Crippen LogP contribution < -0.4 is 4.90 Å². The Balaban J connectivity index is 0.00000221. The largest absolute Gasteiger partial charge is 0.508 e. The molecule has 9 heteroatoms. The first kappa shape index (κ1) is 35.9. The van der Waals surface area contributed by atoms with Crippen LogP contribution in [0.15, 0.2) is 97.1 Å². The van der Waals surface area contributed by atoms with Crippen LogP contribution in [0.3, 0.4) is 0 Å². The maximum Gasteiger partial charge on any atom is 0.123 e. The average Bonchev–Trinajstić information content (AvgIpc) is 3.44. The molecule has 4 N–H and O–H groups in total. The number of anilines is 1. The standard InChI is InChI=1S/C38H43FN2O5.CH4S/c1-40-24-41(30-6-3-2-4-7-30)38(34(40)8-5-9-35(44)26-14-17-29(39)18-15-26)33-19-16-28(20-36(33)45)25-10-12-27(13-11-25)37-22-31(43)21-32(23-42)46-37;1-2/h2-4,6-7,10-20,31-32,34-35,37-38,42-45H,5,8-9,21-24H2,1H3;2H,1H3. The maximum absolute atomic E-state index is 13.4.